The second-order valence-electron chi connectivity index (χ2n) is 6.43. The van der Waals surface area contributed by atoms with Gasteiger partial charge in [0.25, 0.3) is 0 Å². The zero-order chi connectivity index (χ0) is 21.8. The highest BCUT2D eigenvalue weighted by Gasteiger charge is 2.15. The molecule has 4 aromatic rings. The fourth-order valence-corrected chi connectivity index (χ4v) is 4.01. The van der Waals surface area contributed by atoms with Crippen LogP contribution in [0.1, 0.15) is 0 Å². The van der Waals surface area contributed by atoms with Gasteiger partial charge in [-0.2, -0.15) is 0 Å². The minimum atomic E-state index is -0.398. The lowest BCUT2D eigenvalue weighted by molar-refractivity contribution is 0.262. The lowest BCUT2D eigenvalue weighted by atomic mass is 10.1. The van der Waals surface area contributed by atoms with Crippen LogP contribution in [0.4, 0.5) is 16.2 Å². The second kappa shape index (κ2) is 8.88. The van der Waals surface area contributed by atoms with Crippen molar-refractivity contribution >= 4 is 39.0 Å². The molecule has 2 heterocycles. The molecule has 0 aliphatic rings. The fourth-order valence-electron chi connectivity index (χ4n) is 3.15. The van der Waals surface area contributed by atoms with Crippen LogP contribution in [0.5, 0.6) is 17.2 Å². The first kappa shape index (κ1) is 20.4. The van der Waals surface area contributed by atoms with Crippen molar-refractivity contribution in [2.24, 2.45) is 0 Å². The maximum Gasteiger partial charge on any atom is 0.323 e. The molecule has 0 saturated carbocycles. The second-order valence-corrected chi connectivity index (χ2v) is 7.34. The summed E-state index contributed by atoms with van der Waals surface area (Å²) < 4.78 is 17.0. The number of methoxy groups -OCH3 is 3. The van der Waals surface area contributed by atoms with Crippen LogP contribution in [-0.2, 0) is 0 Å². The van der Waals surface area contributed by atoms with Crippen LogP contribution in [-0.4, -0.2) is 37.3 Å². The molecular formula is C22H20N4O4S. The molecule has 0 aliphatic heterocycles. The smallest absolute Gasteiger partial charge is 0.323 e. The van der Waals surface area contributed by atoms with E-state index in [2.05, 4.69) is 20.6 Å². The Hall–Kier alpha value is -3.85. The quantitative estimate of drug-likeness (QED) is 0.440. The van der Waals surface area contributed by atoms with Gasteiger partial charge in [-0.1, -0.05) is 12.1 Å². The van der Waals surface area contributed by atoms with Crippen molar-refractivity contribution in [1.29, 1.82) is 0 Å². The molecule has 0 fully saturated rings. The van der Waals surface area contributed by atoms with Gasteiger partial charge in [-0.05, 0) is 23.6 Å². The van der Waals surface area contributed by atoms with Crippen LogP contribution in [0, 0.1) is 0 Å². The molecule has 0 saturated heterocycles. The van der Waals surface area contributed by atoms with Gasteiger partial charge in [0.2, 0.25) is 5.75 Å². The normalized spacial score (nSPS) is 10.5. The molecule has 31 heavy (non-hydrogen) atoms. The van der Waals surface area contributed by atoms with E-state index in [1.165, 1.54) is 21.3 Å². The monoisotopic (exact) mass is 436 g/mol. The van der Waals surface area contributed by atoms with E-state index in [-0.39, 0.29) is 0 Å². The van der Waals surface area contributed by atoms with Crippen molar-refractivity contribution in [2.75, 3.05) is 32.0 Å². The first-order valence-corrected chi connectivity index (χ1v) is 10.2. The number of aromatic nitrogens is 2. The molecule has 2 aromatic carbocycles. The lowest BCUT2D eigenvalue weighted by Crippen LogP contribution is -2.19. The van der Waals surface area contributed by atoms with E-state index in [1.54, 1.807) is 29.8 Å². The van der Waals surface area contributed by atoms with E-state index in [0.29, 0.717) is 28.6 Å². The largest absolute Gasteiger partial charge is 0.493 e. The van der Waals surface area contributed by atoms with E-state index in [4.69, 9.17) is 14.2 Å². The SMILES string of the molecule is COc1cc(NC(=O)Nc2ccc(-c3ncnc4ccsc34)cc2)cc(OC)c1OC. The number of amides is 2. The number of nitrogens with zero attached hydrogens (tertiary/aromatic N) is 2. The number of carbonyl (C=O) groups excluding carboxylic acids is 1. The zero-order valence-corrected chi connectivity index (χ0v) is 17.9. The summed E-state index contributed by atoms with van der Waals surface area (Å²) in [4.78, 5) is 21.2. The number of carbonyl (C=O) groups is 1. The van der Waals surface area contributed by atoms with Gasteiger partial charge in [0.15, 0.2) is 11.5 Å². The van der Waals surface area contributed by atoms with Gasteiger partial charge in [0.1, 0.15) is 6.33 Å². The highest BCUT2D eigenvalue weighted by Crippen LogP contribution is 2.40. The van der Waals surface area contributed by atoms with Gasteiger partial charge < -0.3 is 24.8 Å². The van der Waals surface area contributed by atoms with Crippen LogP contribution >= 0.6 is 11.3 Å². The average molecular weight is 436 g/mol. The summed E-state index contributed by atoms with van der Waals surface area (Å²) in [5, 5.41) is 7.58. The van der Waals surface area contributed by atoms with E-state index in [1.807, 2.05) is 35.7 Å². The number of ether oxygens (including phenoxy) is 3. The zero-order valence-electron chi connectivity index (χ0n) is 17.1. The minimum Gasteiger partial charge on any atom is -0.493 e. The summed E-state index contributed by atoms with van der Waals surface area (Å²) in [5.74, 6) is 1.36. The van der Waals surface area contributed by atoms with Gasteiger partial charge in [-0.3, -0.25) is 0 Å². The van der Waals surface area contributed by atoms with Crippen LogP contribution in [0.3, 0.4) is 0 Å². The van der Waals surface area contributed by atoms with Gasteiger partial charge in [0.05, 0.1) is 42.9 Å². The molecule has 2 N–H and O–H groups in total. The third-order valence-electron chi connectivity index (χ3n) is 4.58. The Morgan fingerprint density at radius 3 is 2.19 bits per heavy atom. The number of fused-ring (bicyclic) bond motifs is 1. The summed E-state index contributed by atoms with van der Waals surface area (Å²) in [6.45, 7) is 0. The molecule has 0 aliphatic carbocycles. The Balaban J connectivity index is 1.49. The van der Waals surface area contributed by atoms with E-state index >= 15 is 0 Å². The maximum atomic E-state index is 12.5. The van der Waals surface area contributed by atoms with Gasteiger partial charge >= 0.3 is 6.03 Å². The fraction of sp³-hybridized carbons (Fsp3) is 0.136. The topological polar surface area (TPSA) is 94.6 Å². The summed E-state index contributed by atoms with van der Waals surface area (Å²) in [6, 6.07) is 12.4. The summed E-state index contributed by atoms with van der Waals surface area (Å²) in [6.07, 6.45) is 1.56. The standard InChI is InChI=1S/C22H20N4O4S/c1-28-17-10-15(11-18(29-2)20(17)30-3)26-22(27)25-14-6-4-13(5-7-14)19-21-16(8-9-31-21)23-12-24-19/h4-12H,1-3H3,(H2,25,26,27). The number of thiophene rings is 1. The van der Waals surface area contributed by atoms with Crippen molar-refractivity contribution in [3.05, 3.63) is 54.2 Å². The van der Waals surface area contributed by atoms with Gasteiger partial charge in [-0.25, -0.2) is 14.8 Å². The minimum absolute atomic E-state index is 0.398. The molecule has 0 atom stereocenters. The molecule has 158 valence electrons. The van der Waals surface area contributed by atoms with Crippen LogP contribution < -0.4 is 24.8 Å². The van der Waals surface area contributed by atoms with Crippen molar-refractivity contribution in [1.82, 2.24) is 9.97 Å². The Morgan fingerprint density at radius 2 is 1.55 bits per heavy atom. The van der Waals surface area contributed by atoms with Gasteiger partial charge in [0, 0.05) is 23.4 Å². The van der Waals surface area contributed by atoms with Crippen LogP contribution in [0.25, 0.3) is 21.5 Å². The number of hydrogen-bond acceptors (Lipinski definition) is 7. The number of rotatable bonds is 6. The van der Waals surface area contributed by atoms with E-state index < -0.39 is 6.03 Å². The summed E-state index contributed by atoms with van der Waals surface area (Å²) in [5.41, 5.74) is 3.88. The van der Waals surface area contributed by atoms with E-state index in [0.717, 1.165) is 21.5 Å². The van der Waals surface area contributed by atoms with Crippen molar-refractivity contribution in [3.8, 4) is 28.5 Å². The molecule has 8 nitrogen and oxygen atoms in total. The Labute approximate surface area is 182 Å². The highest BCUT2D eigenvalue weighted by molar-refractivity contribution is 7.17. The summed E-state index contributed by atoms with van der Waals surface area (Å²) >= 11 is 1.60. The molecule has 2 amide bonds. The molecular weight excluding hydrogens is 416 g/mol. The third-order valence-corrected chi connectivity index (χ3v) is 5.49. The van der Waals surface area contributed by atoms with Crippen molar-refractivity contribution in [2.45, 2.75) is 0 Å². The van der Waals surface area contributed by atoms with Gasteiger partial charge in [-0.15, -0.1) is 11.3 Å². The summed E-state index contributed by atoms with van der Waals surface area (Å²) in [7, 11) is 4.56. The Kier molecular flexibility index (Phi) is 5.85. The molecule has 9 heteroatoms. The van der Waals surface area contributed by atoms with Crippen molar-refractivity contribution < 1.29 is 19.0 Å². The molecule has 0 radical (unpaired) electrons. The lowest BCUT2D eigenvalue weighted by Gasteiger charge is -2.15. The molecule has 0 bridgehead atoms. The average Bonchev–Trinajstić information content (AvgIpc) is 3.28. The van der Waals surface area contributed by atoms with E-state index in [9.17, 15) is 4.79 Å². The Bertz CT molecular complexity index is 1200. The maximum absolute atomic E-state index is 12.5. The molecule has 2 aromatic heterocycles. The first-order chi connectivity index (χ1) is 15.1. The number of hydrogen-bond donors (Lipinski definition) is 2. The molecule has 0 unspecified atom stereocenters. The highest BCUT2D eigenvalue weighted by atomic mass is 32.1. The molecule has 0 spiro atoms. The number of benzene rings is 2. The predicted molar refractivity (Wildman–Crippen MR) is 122 cm³/mol. The number of urea groups is 1. The van der Waals surface area contributed by atoms with Crippen LogP contribution in [0.15, 0.2) is 54.2 Å². The Morgan fingerprint density at radius 1 is 0.871 bits per heavy atom. The first-order valence-electron chi connectivity index (χ1n) is 9.29. The third kappa shape index (κ3) is 4.22. The number of nitrogens with one attached hydrogen (secondary N) is 2. The van der Waals surface area contributed by atoms with Crippen LogP contribution in [0.2, 0.25) is 0 Å². The predicted octanol–water partition coefficient (Wildman–Crippen LogP) is 5.03. The number of anilines is 2. The van der Waals surface area contributed by atoms with Crippen molar-refractivity contribution in [3.63, 3.8) is 0 Å². The molecule has 4 rings (SSSR count).